The van der Waals surface area contributed by atoms with Crippen molar-refractivity contribution in [1.29, 1.82) is 0 Å². The molecular formula is C15H13ClN2O2. The molecule has 0 aliphatic carbocycles. The molecule has 0 saturated heterocycles. The molecule has 3 aromatic rings. The molecule has 0 fully saturated rings. The van der Waals surface area contributed by atoms with Crippen molar-refractivity contribution in [2.75, 3.05) is 7.11 Å². The van der Waals surface area contributed by atoms with Gasteiger partial charge >= 0.3 is 0 Å². The highest BCUT2D eigenvalue weighted by molar-refractivity contribution is 6.30. The number of rotatable bonds is 4. The molecule has 0 spiro atoms. The molecule has 2 heterocycles. The first kappa shape index (κ1) is 12.8. The molecule has 0 N–H and O–H groups in total. The number of fused-ring (bicyclic) bond motifs is 1. The maximum absolute atomic E-state index is 5.93. The first-order chi connectivity index (χ1) is 9.74. The Morgan fingerprint density at radius 3 is 2.65 bits per heavy atom. The Morgan fingerprint density at radius 2 is 1.90 bits per heavy atom. The Hall–Kier alpha value is -2.20. The topological polar surface area (TPSA) is 35.8 Å². The number of methoxy groups -OCH3 is 1. The van der Waals surface area contributed by atoms with E-state index in [2.05, 4.69) is 4.98 Å². The van der Waals surface area contributed by atoms with Crippen LogP contribution >= 0.6 is 11.6 Å². The SMILES string of the molecule is COc1ccc(OCc2cn3ccc(Cl)cc3n2)cc1. The van der Waals surface area contributed by atoms with Crippen molar-refractivity contribution in [2.24, 2.45) is 0 Å². The first-order valence-corrected chi connectivity index (χ1v) is 6.52. The number of hydrogen-bond donors (Lipinski definition) is 0. The maximum Gasteiger partial charge on any atom is 0.138 e. The zero-order chi connectivity index (χ0) is 13.9. The molecule has 0 aliphatic rings. The summed E-state index contributed by atoms with van der Waals surface area (Å²) in [7, 11) is 1.64. The van der Waals surface area contributed by atoms with E-state index < -0.39 is 0 Å². The molecule has 5 heteroatoms. The van der Waals surface area contributed by atoms with Crippen LogP contribution < -0.4 is 9.47 Å². The van der Waals surface area contributed by atoms with Crippen LogP contribution in [0.15, 0.2) is 48.8 Å². The number of nitrogens with zero attached hydrogens (tertiary/aromatic N) is 2. The summed E-state index contributed by atoms with van der Waals surface area (Å²) in [5.74, 6) is 1.58. The molecule has 102 valence electrons. The molecule has 20 heavy (non-hydrogen) atoms. The summed E-state index contributed by atoms with van der Waals surface area (Å²) in [5.41, 5.74) is 1.66. The van der Waals surface area contributed by atoms with Gasteiger partial charge in [-0.2, -0.15) is 0 Å². The third kappa shape index (κ3) is 2.70. The Labute approximate surface area is 121 Å². The van der Waals surface area contributed by atoms with Gasteiger partial charge in [-0.1, -0.05) is 11.6 Å². The molecule has 3 rings (SSSR count). The van der Waals surface area contributed by atoms with Gasteiger partial charge in [0.15, 0.2) is 0 Å². The molecule has 2 aromatic heterocycles. The van der Waals surface area contributed by atoms with E-state index in [0.29, 0.717) is 11.6 Å². The lowest BCUT2D eigenvalue weighted by Crippen LogP contribution is -1.95. The maximum atomic E-state index is 5.93. The number of benzene rings is 1. The minimum atomic E-state index is 0.408. The summed E-state index contributed by atoms with van der Waals surface area (Å²) in [6, 6.07) is 11.1. The number of pyridine rings is 1. The molecule has 0 radical (unpaired) electrons. The van der Waals surface area contributed by atoms with Crippen LogP contribution in [0.3, 0.4) is 0 Å². The Bertz CT molecular complexity index is 722. The van der Waals surface area contributed by atoms with E-state index >= 15 is 0 Å². The van der Waals surface area contributed by atoms with Crippen LogP contribution in [0.2, 0.25) is 5.02 Å². The molecule has 0 atom stereocenters. The van der Waals surface area contributed by atoms with Crippen LogP contribution in [0, 0.1) is 0 Å². The van der Waals surface area contributed by atoms with Crippen molar-refractivity contribution in [2.45, 2.75) is 6.61 Å². The van der Waals surface area contributed by atoms with Crippen molar-refractivity contribution in [3.8, 4) is 11.5 Å². The van der Waals surface area contributed by atoms with Gasteiger partial charge in [-0.25, -0.2) is 4.98 Å². The number of hydrogen-bond acceptors (Lipinski definition) is 3. The Morgan fingerprint density at radius 1 is 1.15 bits per heavy atom. The number of halogens is 1. The number of imidazole rings is 1. The fraction of sp³-hybridized carbons (Fsp3) is 0.133. The molecule has 0 saturated carbocycles. The first-order valence-electron chi connectivity index (χ1n) is 6.14. The molecule has 0 unspecified atom stereocenters. The number of ether oxygens (including phenoxy) is 2. The predicted molar refractivity (Wildman–Crippen MR) is 77.5 cm³/mol. The van der Waals surface area contributed by atoms with Crippen molar-refractivity contribution in [3.05, 3.63) is 59.5 Å². The minimum absolute atomic E-state index is 0.408. The second kappa shape index (κ2) is 5.43. The molecule has 0 aliphatic heterocycles. The van der Waals surface area contributed by atoms with E-state index in [9.17, 15) is 0 Å². The third-order valence-electron chi connectivity index (χ3n) is 2.92. The van der Waals surface area contributed by atoms with Gasteiger partial charge in [-0.05, 0) is 36.4 Å². The fourth-order valence-corrected chi connectivity index (χ4v) is 2.06. The van der Waals surface area contributed by atoms with Gasteiger partial charge in [0.25, 0.3) is 0 Å². The quantitative estimate of drug-likeness (QED) is 0.736. The second-order valence-electron chi connectivity index (χ2n) is 4.31. The second-order valence-corrected chi connectivity index (χ2v) is 4.74. The molecular weight excluding hydrogens is 276 g/mol. The summed E-state index contributed by atoms with van der Waals surface area (Å²) < 4.78 is 12.7. The molecule has 4 nitrogen and oxygen atoms in total. The van der Waals surface area contributed by atoms with E-state index in [-0.39, 0.29) is 0 Å². The van der Waals surface area contributed by atoms with Crippen LogP contribution in [0.1, 0.15) is 5.69 Å². The van der Waals surface area contributed by atoms with Gasteiger partial charge in [0.1, 0.15) is 23.8 Å². The van der Waals surface area contributed by atoms with E-state index in [4.69, 9.17) is 21.1 Å². The zero-order valence-corrected chi connectivity index (χ0v) is 11.7. The average molecular weight is 289 g/mol. The minimum Gasteiger partial charge on any atom is -0.497 e. The average Bonchev–Trinajstić information content (AvgIpc) is 2.87. The molecule has 0 bridgehead atoms. The highest BCUT2D eigenvalue weighted by Gasteiger charge is 2.03. The third-order valence-corrected chi connectivity index (χ3v) is 3.15. The molecule has 0 amide bonds. The Balaban J connectivity index is 1.72. The standard InChI is InChI=1S/C15H13ClN2O2/c1-19-13-2-4-14(5-3-13)20-10-12-9-18-7-6-11(16)8-15(18)17-12/h2-9H,10H2,1H3. The lowest BCUT2D eigenvalue weighted by atomic mass is 10.3. The van der Waals surface area contributed by atoms with Gasteiger partial charge < -0.3 is 13.9 Å². The lowest BCUT2D eigenvalue weighted by molar-refractivity contribution is 0.301. The summed E-state index contributed by atoms with van der Waals surface area (Å²) >= 11 is 5.93. The smallest absolute Gasteiger partial charge is 0.138 e. The predicted octanol–water partition coefficient (Wildman–Crippen LogP) is 3.58. The van der Waals surface area contributed by atoms with Gasteiger partial charge in [-0.3, -0.25) is 0 Å². The van der Waals surface area contributed by atoms with Crippen LogP contribution in [0.5, 0.6) is 11.5 Å². The van der Waals surface area contributed by atoms with Crippen molar-refractivity contribution in [3.63, 3.8) is 0 Å². The highest BCUT2D eigenvalue weighted by Crippen LogP contribution is 2.18. The van der Waals surface area contributed by atoms with Crippen molar-refractivity contribution >= 4 is 17.2 Å². The summed E-state index contributed by atoms with van der Waals surface area (Å²) in [5, 5.41) is 0.672. The fourth-order valence-electron chi connectivity index (χ4n) is 1.91. The van der Waals surface area contributed by atoms with Crippen molar-refractivity contribution in [1.82, 2.24) is 9.38 Å². The van der Waals surface area contributed by atoms with Gasteiger partial charge in [0, 0.05) is 17.4 Å². The Kier molecular flexibility index (Phi) is 3.48. The van der Waals surface area contributed by atoms with E-state index in [1.54, 1.807) is 7.11 Å². The summed E-state index contributed by atoms with van der Waals surface area (Å²) in [6.45, 7) is 0.408. The summed E-state index contributed by atoms with van der Waals surface area (Å²) in [4.78, 5) is 4.45. The number of aromatic nitrogens is 2. The highest BCUT2D eigenvalue weighted by atomic mass is 35.5. The van der Waals surface area contributed by atoms with E-state index in [1.807, 2.05) is 53.2 Å². The van der Waals surface area contributed by atoms with Gasteiger partial charge in [0.05, 0.1) is 12.8 Å². The van der Waals surface area contributed by atoms with E-state index in [1.165, 1.54) is 0 Å². The largest absolute Gasteiger partial charge is 0.497 e. The zero-order valence-electron chi connectivity index (χ0n) is 10.9. The van der Waals surface area contributed by atoms with Crippen LogP contribution in [0.4, 0.5) is 0 Å². The van der Waals surface area contributed by atoms with Gasteiger partial charge in [0.2, 0.25) is 0 Å². The molecule has 1 aromatic carbocycles. The van der Waals surface area contributed by atoms with Crippen LogP contribution in [-0.4, -0.2) is 16.5 Å². The summed E-state index contributed by atoms with van der Waals surface area (Å²) in [6.07, 6.45) is 3.80. The van der Waals surface area contributed by atoms with Gasteiger partial charge in [-0.15, -0.1) is 0 Å². The lowest BCUT2D eigenvalue weighted by Gasteiger charge is -2.04. The normalized spacial score (nSPS) is 10.7. The van der Waals surface area contributed by atoms with Crippen molar-refractivity contribution < 1.29 is 9.47 Å². The monoisotopic (exact) mass is 288 g/mol. The van der Waals surface area contributed by atoms with Crippen LogP contribution in [-0.2, 0) is 6.61 Å². The van der Waals surface area contributed by atoms with Crippen LogP contribution in [0.25, 0.3) is 5.65 Å². The van der Waals surface area contributed by atoms with E-state index in [0.717, 1.165) is 22.8 Å².